The first-order valence-electron chi connectivity index (χ1n) is 6.29. The van der Waals surface area contributed by atoms with E-state index in [-0.39, 0.29) is 5.82 Å². The van der Waals surface area contributed by atoms with Crippen LogP contribution >= 0.6 is 0 Å². The fourth-order valence-corrected chi connectivity index (χ4v) is 2.17. The molecule has 0 saturated carbocycles. The van der Waals surface area contributed by atoms with E-state index in [4.69, 9.17) is 0 Å². The van der Waals surface area contributed by atoms with Gasteiger partial charge in [-0.2, -0.15) is 13.2 Å². The lowest BCUT2D eigenvalue weighted by Crippen LogP contribution is -2.23. The third kappa shape index (κ3) is 2.86. The molecule has 3 heterocycles. The van der Waals surface area contributed by atoms with Crippen molar-refractivity contribution in [2.75, 3.05) is 11.9 Å². The summed E-state index contributed by atoms with van der Waals surface area (Å²) in [6.45, 7) is -0.712. The van der Waals surface area contributed by atoms with Crippen LogP contribution in [-0.4, -0.2) is 28.4 Å². The second kappa shape index (κ2) is 5.16. The molecule has 1 N–H and O–H groups in total. The van der Waals surface area contributed by atoms with Crippen LogP contribution in [0.5, 0.6) is 0 Å². The standard InChI is InChI=1S/C14H11F3N4/c15-14(16,17)8-21-13-11-9(4-6-19-13)7-20-12(11)10-3-1-2-5-18-10/h1-6H,7-8H2,(H,19,21). The van der Waals surface area contributed by atoms with E-state index >= 15 is 0 Å². The summed E-state index contributed by atoms with van der Waals surface area (Å²) < 4.78 is 37.1. The summed E-state index contributed by atoms with van der Waals surface area (Å²) in [6.07, 6.45) is -1.20. The summed E-state index contributed by atoms with van der Waals surface area (Å²) >= 11 is 0. The van der Waals surface area contributed by atoms with Crippen molar-refractivity contribution >= 4 is 11.5 Å². The zero-order valence-corrected chi connectivity index (χ0v) is 10.9. The zero-order valence-electron chi connectivity index (χ0n) is 10.9. The molecule has 0 bridgehead atoms. The largest absolute Gasteiger partial charge is 0.405 e. The van der Waals surface area contributed by atoms with Gasteiger partial charge in [0.05, 0.1) is 18.0 Å². The van der Waals surface area contributed by atoms with Crippen LogP contribution in [0.2, 0.25) is 0 Å². The smallest absolute Gasteiger partial charge is 0.361 e. The summed E-state index contributed by atoms with van der Waals surface area (Å²) in [6, 6.07) is 7.11. The third-order valence-corrected chi connectivity index (χ3v) is 3.05. The van der Waals surface area contributed by atoms with Crippen LogP contribution in [0.4, 0.5) is 19.0 Å². The molecule has 1 aliphatic rings. The van der Waals surface area contributed by atoms with Crippen LogP contribution in [0, 0.1) is 0 Å². The Hall–Kier alpha value is -2.44. The molecule has 0 unspecified atom stereocenters. The fraction of sp³-hybridized carbons (Fsp3) is 0.214. The molecule has 21 heavy (non-hydrogen) atoms. The van der Waals surface area contributed by atoms with Crippen molar-refractivity contribution in [1.29, 1.82) is 0 Å². The number of rotatable bonds is 3. The molecule has 4 nitrogen and oxygen atoms in total. The number of nitrogens with zero attached hydrogens (tertiary/aromatic N) is 3. The first kappa shape index (κ1) is 13.5. The van der Waals surface area contributed by atoms with Crippen LogP contribution in [0.1, 0.15) is 16.8 Å². The number of halogens is 3. The molecule has 3 rings (SSSR count). The minimum Gasteiger partial charge on any atom is -0.361 e. The van der Waals surface area contributed by atoms with Crippen LogP contribution in [-0.2, 0) is 6.54 Å². The lowest BCUT2D eigenvalue weighted by Gasteiger charge is -2.13. The van der Waals surface area contributed by atoms with Crippen LogP contribution < -0.4 is 5.32 Å². The Bertz CT molecular complexity index is 680. The Labute approximate surface area is 118 Å². The van der Waals surface area contributed by atoms with Crippen molar-refractivity contribution in [3.8, 4) is 0 Å². The van der Waals surface area contributed by atoms with Crippen molar-refractivity contribution in [1.82, 2.24) is 9.97 Å². The Morgan fingerprint density at radius 2 is 1.95 bits per heavy atom. The molecule has 0 amide bonds. The lowest BCUT2D eigenvalue weighted by atomic mass is 10.0. The number of alkyl halides is 3. The predicted molar refractivity (Wildman–Crippen MR) is 72.4 cm³/mol. The van der Waals surface area contributed by atoms with Crippen LogP contribution in [0.15, 0.2) is 41.7 Å². The van der Waals surface area contributed by atoms with Gasteiger partial charge in [0.25, 0.3) is 0 Å². The molecular formula is C14H11F3N4. The van der Waals surface area contributed by atoms with Crippen molar-refractivity contribution in [2.24, 2.45) is 4.99 Å². The molecule has 0 radical (unpaired) electrons. The molecule has 0 saturated heterocycles. The zero-order chi connectivity index (χ0) is 14.9. The summed E-state index contributed by atoms with van der Waals surface area (Å²) in [7, 11) is 0. The quantitative estimate of drug-likeness (QED) is 0.946. The first-order valence-corrected chi connectivity index (χ1v) is 6.29. The molecule has 0 aromatic carbocycles. The average molecular weight is 292 g/mol. The second-order valence-electron chi connectivity index (χ2n) is 4.54. The molecule has 0 aliphatic carbocycles. The number of anilines is 1. The Morgan fingerprint density at radius 1 is 1.10 bits per heavy atom. The number of pyridine rings is 2. The molecule has 0 fully saturated rings. The van der Waals surface area contributed by atoms with E-state index in [0.717, 1.165) is 5.56 Å². The minimum atomic E-state index is -4.30. The Kier molecular flexibility index (Phi) is 3.32. The summed E-state index contributed by atoms with van der Waals surface area (Å²) in [5, 5.41) is 2.34. The Balaban J connectivity index is 1.96. The SMILES string of the molecule is FC(F)(F)CNc1nccc2c1C(c1ccccn1)=NC2. The molecule has 7 heteroatoms. The molecule has 108 valence electrons. The molecule has 1 aliphatic heterocycles. The number of nitrogens with one attached hydrogen (secondary N) is 1. The van der Waals surface area contributed by atoms with Gasteiger partial charge in [0.1, 0.15) is 12.4 Å². The molecule has 0 atom stereocenters. The molecular weight excluding hydrogens is 281 g/mol. The van der Waals surface area contributed by atoms with Gasteiger partial charge in [-0.1, -0.05) is 6.07 Å². The van der Waals surface area contributed by atoms with Gasteiger partial charge in [0, 0.05) is 18.0 Å². The van der Waals surface area contributed by atoms with Crippen molar-refractivity contribution in [3.63, 3.8) is 0 Å². The van der Waals surface area contributed by atoms with E-state index in [2.05, 4.69) is 20.3 Å². The Morgan fingerprint density at radius 3 is 2.67 bits per heavy atom. The van der Waals surface area contributed by atoms with Gasteiger partial charge in [-0.05, 0) is 23.8 Å². The highest BCUT2D eigenvalue weighted by molar-refractivity contribution is 6.16. The van der Waals surface area contributed by atoms with Gasteiger partial charge < -0.3 is 5.32 Å². The van der Waals surface area contributed by atoms with Gasteiger partial charge in [-0.15, -0.1) is 0 Å². The molecule has 2 aromatic rings. The number of hydrogen-bond acceptors (Lipinski definition) is 4. The third-order valence-electron chi connectivity index (χ3n) is 3.05. The maximum atomic E-state index is 12.4. The molecule has 0 spiro atoms. The van der Waals surface area contributed by atoms with E-state index in [0.29, 0.717) is 23.5 Å². The molecule has 2 aromatic heterocycles. The van der Waals surface area contributed by atoms with Gasteiger partial charge in [0.2, 0.25) is 0 Å². The van der Waals surface area contributed by atoms with Gasteiger partial charge in [0.15, 0.2) is 0 Å². The summed E-state index contributed by atoms with van der Waals surface area (Å²) in [4.78, 5) is 12.6. The summed E-state index contributed by atoms with van der Waals surface area (Å²) in [5.74, 6) is 0.187. The highest BCUT2D eigenvalue weighted by Gasteiger charge is 2.29. The highest BCUT2D eigenvalue weighted by Crippen LogP contribution is 2.28. The van der Waals surface area contributed by atoms with Crippen LogP contribution in [0.25, 0.3) is 0 Å². The maximum Gasteiger partial charge on any atom is 0.405 e. The first-order chi connectivity index (χ1) is 10.0. The average Bonchev–Trinajstić information content (AvgIpc) is 2.90. The van der Waals surface area contributed by atoms with Gasteiger partial charge in [-0.3, -0.25) is 9.98 Å². The maximum absolute atomic E-state index is 12.4. The second-order valence-corrected chi connectivity index (χ2v) is 4.54. The van der Waals surface area contributed by atoms with Crippen molar-refractivity contribution in [2.45, 2.75) is 12.7 Å². The van der Waals surface area contributed by atoms with Gasteiger partial charge >= 0.3 is 6.18 Å². The normalized spacial score (nSPS) is 13.8. The van der Waals surface area contributed by atoms with Crippen molar-refractivity contribution in [3.05, 3.63) is 53.5 Å². The van der Waals surface area contributed by atoms with E-state index in [1.165, 1.54) is 6.20 Å². The fourth-order valence-electron chi connectivity index (χ4n) is 2.17. The topological polar surface area (TPSA) is 50.2 Å². The van der Waals surface area contributed by atoms with E-state index in [1.54, 1.807) is 24.4 Å². The predicted octanol–water partition coefficient (Wildman–Crippen LogP) is 2.80. The van der Waals surface area contributed by atoms with Crippen LogP contribution in [0.3, 0.4) is 0 Å². The lowest BCUT2D eigenvalue weighted by molar-refractivity contribution is -0.115. The van der Waals surface area contributed by atoms with E-state index in [9.17, 15) is 13.2 Å². The number of aromatic nitrogens is 2. The van der Waals surface area contributed by atoms with E-state index < -0.39 is 12.7 Å². The van der Waals surface area contributed by atoms with Gasteiger partial charge in [-0.25, -0.2) is 4.98 Å². The van der Waals surface area contributed by atoms with E-state index in [1.807, 2.05) is 6.07 Å². The number of aliphatic imine (C=N–C) groups is 1. The minimum absolute atomic E-state index is 0.187. The number of hydrogen-bond donors (Lipinski definition) is 1. The monoisotopic (exact) mass is 292 g/mol. The summed E-state index contributed by atoms with van der Waals surface area (Å²) in [5.41, 5.74) is 2.64. The highest BCUT2D eigenvalue weighted by atomic mass is 19.4. The van der Waals surface area contributed by atoms with Crippen molar-refractivity contribution < 1.29 is 13.2 Å². The number of fused-ring (bicyclic) bond motifs is 1.